The molecule has 15 atom stereocenters. The molecule has 418 valence electrons. The average Bonchev–Trinajstić information content (AvgIpc) is 3.37. The SMILES string of the molecule is CCC1C=C(C)C(F)C(C)CC(OC)C2OC(O)(C(=O)C(=O)N3CCCCC3C(=O)OC(C(C)=CC3CCC(OCCOCc4ccccc4)C(OC)C3)C(C)C(O[Si](C)(C)C(C)(C)C)CC1=O)C(C)CC2OC. The van der Waals surface area contributed by atoms with Crippen molar-refractivity contribution in [1.29, 1.82) is 0 Å². The summed E-state index contributed by atoms with van der Waals surface area (Å²) in [5, 5.41) is 12.0. The summed E-state index contributed by atoms with van der Waals surface area (Å²) in [7, 11) is 2.00. The van der Waals surface area contributed by atoms with E-state index in [9.17, 15) is 19.5 Å². The molecule has 1 saturated carbocycles. The number of benzene rings is 1. The summed E-state index contributed by atoms with van der Waals surface area (Å²) in [6, 6.07) is 8.84. The summed E-state index contributed by atoms with van der Waals surface area (Å²) >= 11 is 0. The van der Waals surface area contributed by atoms with Crippen molar-refractivity contribution in [3.8, 4) is 0 Å². The number of carbonyl (C=O) groups is 4. The monoisotopic (exact) mass is 1060 g/mol. The first-order chi connectivity index (χ1) is 34.9. The van der Waals surface area contributed by atoms with E-state index in [2.05, 4.69) is 39.9 Å². The standard InChI is InChI=1S/C58H92FNO13Si/c1-15-43-30-36(2)51(59)37(3)31-49(67-11)53-50(68-12)32-39(5)58(65,72-53)54(62)55(63)60-26-20-19-23-44(60)56(64)71-52(40(6)47(34-45(43)61)73-74(13,14)57(7,8)9)38(4)29-42-24-25-46(48(33-42)66-10)70-28-27-69-35-41-21-17-16-18-22-41/h16-18,21-22,29-30,37,39-40,42-44,46-53,65H,15,19-20,23-28,31-35H2,1-14H3. The number of esters is 1. The molecule has 2 saturated heterocycles. The van der Waals surface area contributed by atoms with E-state index >= 15 is 9.18 Å². The van der Waals surface area contributed by atoms with E-state index in [0.29, 0.717) is 51.1 Å². The van der Waals surface area contributed by atoms with Gasteiger partial charge in [0.25, 0.3) is 11.7 Å². The lowest BCUT2D eigenvalue weighted by Gasteiger charge is -2.47. The summed E-state index contributed by atoms with van der Waals surface area (Å²) < 4.78 is 66.9. The molecule has 0 aromatic heterocycles. The van der Waals surface area contributed by atoms with Gasteiger partial charge in [-0.2, -0.15) is 0 Å². The second-order valence-electron chi connectivity index (χ2n) is 23.4. The van der Waals surface area contributed by atoms with Crippen molar-refractivity contribution in [2.45, 2.75) is 212 Å². The molecule has 0 radical (unpaired) electrons. The van der Waals surface area contributed by atoms with Crippen LogP contribution in [-0.2, 0) is 63.4 Å². The molecular weight excluding hydrogens is 966 g/mol. The number of Topliss-reactive ketones (excluding diaryl/α,β-unsaturated/α-hetero) is 2. The summed E-state index contributed by atoms with van der Waals surface area (Å²) in [5.74, 6) is -8.45. The van der Waals surface area contributed by atoms with Crippen molar-refractivity contribution in [3.63, 3.8) is 0 Å². The van der Waals surface area contributed by atoms with Gasteiger partial charge in [0, 0.05) is 52.0 Å². The average molecular weight is 1060 g/mol. The van der Waals surface area contributed by atoms with Gasteiger partial charge in [-0.15, -0.1) is 0 Å². The fourth-order valence-corrected chi connectivity index (χ4v) is 12.6. The molecule has 2 bridgehead atoms. The second-order valence-corrected chi connectivity index (χ2v) is 28.1. The number of carbonyl (C=O) groups excluding carboxylic acids is 4. The van der Waals surface area contributed by atoms with Gasteiger partial charge in [0.1, 0.15) is 30.2 Å². The van der Waals surface area contributed by atoms with Crippen LogP contribution in [0.15, 0.2) is 53.6 Å². The predicted molar refractivity (Wildman–Crippen MR) is 284 cm³/mol. The number of methoxy groups -OCH3 is 3. The summed E-state index contributed by atoms with van der Waals surface area (Å²) in [6.07, 6.45) is 1.88. The molecule has 3 aliphatic heterocycles. The van der Waals surface area contributed by atoms with Crippen molar-refractivity contribution >= 4 is 31.8 Å². The molecule has 4 aliphatic rings. The molecule has 16 heteroatoms. The zero-order valence-electron chi connectivity index (χ0n) is 47.2. The Labute approximate surface area is 443 Å². The lowest BCUT2D eigenvalue weighted by atomic mass is 9.81. The maximum atomic E-state index is 16.7. The summed E-state index contributed by atoms with van der Waals surface area (Å²) in [4.78, 5) is 60.2. The topological polar surface area (TPSA) is 166 Å². The normalized spacial score (nSPS) is 35.1. The highest BCUT2D eigenvalue weighted by molar-refractivity contribution is 6.74. The smallest absolute Gasteiger partial charge is 0.329 e. The minimum absolute atomic E-state index is 0.0167. The number of allylic oxidation sites excluding steroid dienone is 3. The lowest BCUT2D eigenvalue weighted by molar-refractivity contribution is -0.302. The Morgan fingerprint density at radius 3 is 2.19 bits per heavy atom. The number of cyclic esters (lactones) is 1. The number of nitrogens with zero attached hydrogens (tertiary/aromatic N) is 1. The van der Waals surface area contributed by atoms with Gasteiger partial charge in [0.15, 0.2) is 8.32 Å². The zero-order valence-corrected chi connectivity index (χ0v) is 48.2. The van der Waals surface area contributed by atoms with Crippen LogP contribution < -0.4 is 0 Å². The third kappa shape index (κ3) is 15.3. The highest BCUT2D eigenvalue weighted by Crippen LogP contribution is 2.42. The maximum absolute atomic E-state index is 16.7. The fraction of sp³-hybridized carbons (Fsp3) is 0.759. The van der Waals surface area contributed by atoms with Crippen molar-refractivity contribution in [3.05, 3.63) is 59.2 Å². The van der Waals surface area contributed by atoms with Crippen LogP contribution in [0.1, 0.15) is 132 Å². The van der Waals surface area contributed by atoms with Gasteiger partial charge in [-0.25, -0.2) is 9.18 Å². The van der Waals surface area contributed by atoms with E-state index < -0.39 is 98.2 Å². The Bertz CT molecular complexity index is 2060. The van der Waals surface area contributed by atoms with Gasteiger partial charge >= 0.3 is 5.97 Å². The van der Waals surface area contributed by atoms with Gasteiger partial charge in [-0.05, 0) is 118 Å². The van der Waals surface area contributed by atoms with Crippen LogP contribution in [0.25, 0.3) is 0 Å². The number of piperidine rings is 1. The Hall–Kier alpha value is -3.19. The van der Waals surface area contributed by atoms with Gasteiger partial charge in [0.05, 0.1) is 50.3 Å². The number of ketones is 2. The van der Waals surface area contributed by atoms with Crippen molar-refractivity contribution < 1.29 is 66.3 Å². The van der Waals surface area contributed by atoms with Crippen LogP contribution in [0.2, 0.25) is 18.1 Å². The first-order valence-corrected chi connectivity index (χ1v) is 30.3. The highest BCUT2D eigenvalue weighted by atomic mass is 28.4. The third-order valence-electron chi connectivity index (χ3n) is 17.0. The van der Waals surface area contributed by atoms with E-state index in [1.165, 1.54) is 19.1 Å². The highest BCUT2D eigenvalue weighted by Gasteiger charge is 2.57. The first-order valence-electron chi connectivity index (χ1n) is 27.4. The minimum Gasteiger partial charge on any atom is -0.456 e. The third-order valence-corrected chi connectivity index (χ3v) is 21.5. The Balaban J connectivity index is 1.54. The second kappa shape index (κ2) is 27.4. The number of aliphatic hydroxyl groups is 1. The van der Waals surface area contributed by atoms with E-state index in [1.807, 2.05) is 51.1 Å². The predicted octanol–water partition coefficient (Wildman–Crippen LogP) is 9.69. The summed E-state index contributed by atoms with van der Waals surface area (Å²) in [5.41, 5.74) is 2.23. The Kier molecular flexibility index (Phi) is 22.8. The number of halogens is 1. The number of rotatable bonds is 14. The molecule has 1 aromatic rings. The Morgan fingerprint density at radius 2 is 1.55 bits per heavy atom. The van der Waals surface area contributed by atoms with Gasteiger partial charge in [-0.3, -0.25) is 14.4 Å². The van der Waals surface area contributed by atoms with Crippen LogP contribution in [-0.4, -0.2) is 144 Å². The first kappa shape index (κ1) is 61.7. The van der Waals surface area contributed by atoms with E-state index in [0.717, 1.165) is 24.0 Å². The summed E-state index contributed by atoms with van der Waals surface area (Å²) in [6.45, 7) is 22.9. The quantitative estimate of drug-likeness (QED) is 0.0616. The number of fused-ring (bicyclic) bond motifs is 3. The van der Waals surface area contributed by atoms with Crippen molar-refractivity contribution in [1.82, 2.24) is 4.90 Å². The number of hydrogen-bond donors (Lipinski definition) is 1. The molecule has 1 N–H and O–H groups in total. The fourth-order valence-electron chi connectivity index (χ4n) is 11.2. The molecule has 1 aromatic carbocycles. The van der Waals surface area contributed by atoms with E-state index in [1.54, 1.807) is 34.0 Å². The molecule has 1 aliphatic carbocycles. The van der Waals surface area contributed by atoms with Crippen LogP contribution in [0.3, 0.4) is 0 Å². The van der Waals surface area contributed by atoms with Crippen LogP contribution in [0.5, 0.6) is 0 Å². The number of alkyl halides is 1. The number of ether oxygens (including phenoxy) is 7. The molecule has 3 heterocycles. The molecular formula is C58H92FNO13Si. The molecule has 14 nitrogen and oxygen atoms in total. The molecule has 15 unspecified atom stereocenters. The molecule has 5 rings (SSSR count). The van der Waals surface area contributed by atoms with Crippen molar-refractivity contribution in [2.24, 2.45) is 29.6 Å². The van der Waals surface area contributed by atoms with E-state index in [-0.39, 0.29) is 61.2 Å². The van der Waals surface area contributed by atoms with Gasteiger partial charge in [-0.1, -0.05) is 91.0 Å². The van der Waals surface area contributed by atoms with Crippen LogP contribution in [0, 0.1) is 29.6 Å². The van der Waals surface area contributed by atoms with Gasteiger partial charge in [0.2, 0.25) is 5.79 Å². The van der Waals surface area contributed by atoms with E-state index in [4.69, 9.17) is 37.6 Å². The number of hydrogen-bond acceptors (Lipinski definition) is 13. The van der Waals surface area contributed by atoms with Crippen molar-refractivity contribution in [2.75, 3.05) is 41.1 Å². The molecule has 3 fully saturated rings. The largest absolute Gasteiger partial charge is 0.456 e. The molecule has 74 heavy (non-hydrogen) atoms. The molecule has 0 spiro atoms. The minimum atomic E-state index is -2.62. The maximum Gasteiger partial charge on any atom is 0.329 e. The Morgan fingerprint density at radius 1 is 0.892 bits per heavy atom. The van der Waals surface area contributed by atoms with Crippen LogP contribution >= 0.6 is 0 Å². The zero-order chi connectivity index (χ0) is 54.7. The number of amides is 1. The molecule has 1 amide bonds. The lowest BCUT2D eigenvalue weighted by Crippen LogP contribution is -2.64. The van der Waals surface area contributed by atoms with Crippen LogP contribution in [0.4, 0.5) is 4.39 Å². The van der Waals surface area contributed by atoms with Gasteiger partial charge < -0.3 is 47.6 Å².